The maximum absolute atomic E-state index is 11.8. The average Bonchev–Trinajstić information content (AvgIpc) is 2.61. The molecule has 154 valence electrons. The lowest BCUT2D eigenvalue weighted by Gasteiger charge is -2.19. The van der Waals surface area contributed by atoms with E-state index in [9.17, 15) is 9.59 Å². The normalized spacial score (nSPS) is 13.3. The molecule has 8 nitrogen and oxygen atoms in total. The summed E-state index contributed by atoms with van der Waals surface area (Å²) >= 11 is 8.05. The van der Waals surface area contributed by atoms with Crippen LogP contribution in [-0.4, -0.2) is 49.9 Å². The summed E-state index contributed by atoms with van der Waals surface area (Å²) < 4.78 is 9.96. The van der Waals surface area contributed by atoms with Gasteiger partial charge < -0.3 is 20.9 Å². The van der Waals surface area contributed by atoms with Gasteiger partial charge in [-0.05, 0) is 33.4 Å². The molecule has 0 aliphatic carbocycles. The van der Waals surface area contributed by atoms with Crippen molar-refractivity contribution in [2.24, 2.45) is 11.5 Å². The fourth-order valence-electron chi connectivity index (χ4n) is 1.76. The van der Waals surface area contributed by atoms with Crippen LogP contribution in [0.25, 0.3) is 4.91 Å². The number of hydrogen-bond donors (Lipinski definition) is 2. The zero-order valence-electron chi connectivity index (χ0n) is 16.1. The molecule has 0 aliphatic heterocycles. The standard InChI is InChI=1S/C17H24N4O4S3/c1-17(2,3)25-16(23)24-14(22)10(18)5-8-28-15(26)12(19)13(27-4)11-9-20-6-7-21-11/h6-7,9-10H,5,8,18-19H2,1-4H3/b13-12+. The molecule has 1 aromatic rings. The van der Waals surface area contributed by atoms with Crippen molar-refractivity contribution in [1.29, 1.82) is 0 Å². The Morgan fingerprint density at radius 1 is 1.32 bits per heavy atom. The fourth-order valence-corrected chi connectivity index (χ4v) is 3.70. The minimum Gasteiger partial charge on any atom is -0.428 e. The molecule has 0 aromatic carbocycles. The van der Waals surface area contributed by atoms with Crippen LogP contribution < -0.4 is 11.5 Å². The number of thiocarbonyl (C=S) groups is 1. The highest BCUT2D eigenvalue weighted by Crippen LogP contribution is 2.28. The quantitative estimate of drug-likeness (QED) is 0.278. The molecule has 28 heavy (non-hydrogen) atoms. The van der Waals surface area contributed by atoms with Crippen LogP contribution >= 0.6 is 35.7 Å². The first-order chi connectivity index (χ1) is 13.0. The summed E-state index contributed by atoms with van der Waals surface area (Å²) in [7, 11) is 0. The minimum absolute atomic E-state index is 0.249. The monoisotopic (exact) mass is 444 g/mol. The molecule has 1 heterocycles. The predicted molar refractivity (Wildman–Crippen MR) is 117 cm³/mol. The van der Waals surface area contributed by atoms with Crippen molar-refractivity contribution in [2.45, 2.75) is 38.8 Å². The smallest absolute Gasteiger partial charge is 0.428 e. The Balaban J connectivity index is 2.55. The first-order valence-corrected chi connectivity index (χ1v) is 10.8. The van der Waals surface area contributed by atoms with E-state index in [0.717, 1.165) is 4.91 Å². The largest absolute Gasteiger partial charge is 0.516 e. The van der Waals surface area contributed by atoms with E-state index in [4.69, 9.17) is 28.4 Å². The van der Waals surface area contributed by atoms with Crippen LogP contribution in [0.3, 0.4) is 0 Å². The lowest BCUT2D eigenvalue weighted by Crippen LogP contribution is -2.36. The third-order valence-electron chi connectivity index (χ3n) is 3.00. The second kappa shape index (κ2) is 11.3. The van der Waals surface area contributed by atoms with Crippen molar-refractivity contribution in [3.8, 4) is 0 Å². The third-order valence-corrected chi connectivity index (χ3v) is 5.34. The van der Waals surface area contributed by atoms with Crippen LogP contribution in [0.1, 0.15) is 32.9 Å². The zero-order chi connectivity index (χ0) is 21.3. The van der Waals surface area contributed by atoms with E-state index in [1.807, 2.05) is 6.26 Å². The van der Waals surface area contributed by atoms with Crippen molar-refractivity contribution in [1.82, 2.24) is 9.97 Å². The van der Waals surface area contributed by atoms with E-state index >= 15 is 0 Å². The third kappa shape index (κ3) is 8.55. The van der Waals surface area contributed by atoms with Gasteiger partial charge in [0.15, 0.2) is 0 Å². The van der Waals surface area contributed by atoms with E-state index < -0.39 is 23.8 Å². The average molecular weight is 445 g/mol. The molecule has 0 aliphatic rings. The topological polar surface area (TPSA) is 130 Å². The van der Waals surface area contributed by atoms with Crippen molar-refractivity contribution in [3.05, 3.63) is 30.0 Å². The number of nitrogens with zero attached hydrogens (tertiary/aromatic N) is 2. The fraction of sp³-hybridized carbons (Fsp3) is 0.471. The Morgan fingerprint density at radius 3 is 2.54 bits per heavy atom. The molecule has 0 spiro atoms. The van der Waals surface area contributed by atoms with Gasteiger partial charge in [0.2, 0.25) is 0 Å². The summed E-state index contributed by atoms with van der Waals surface area (Å²) in [5, 5.41) is 0. The maximum atomic E-state index is 11.8. The van der Waals surface area contributed by atoms with Crippen LogP contribution in [0.5, 0.6) is 0 Å². The summed E-state index contributed by atoms with van der Waals surface area (Å²) in [6, 6.07) is -0.979. The lowest BCUT2D eigenvalue weighted by molar-refractivity contribution is -0.143. The molecular weight excluding hydrogens is 420 g/mol. The van der Waals surface area contributed by atoms with Crippen LogP contribution in [0.15, 0.2) is 24.3 Å². The van der Waals surface area contributed by atoms with E-state index in [2.05, 4.69) is 14.7 Å². The molecule has 1 unspecified atom stereocenters. The molecular formula is C17H24N4O4S3. The first kappa shape index (κ1) is 24.3. The summed E-state index contributed by atoms with van der Waals surface area (Å²) in [5.74, 6) is -0.430. The van der Waals surface area contributed by atoms with Gasteiger partial charge in [0.25, 0.3) is 0 Å². The van der Waals surface area contributed by atoms with Gasteiger partial charge in [0, 0.05) is 18.1 Å². The number of carbonyl (C=O) groups excluding carboxylic acids is 2. The molecule has 1 aromatic heterocycles. The van der Waals surface area contributed by atoms with Crippen LogP contribution in [0, 0.1) is 0 Å². The van der Waals surface area contributed by atoms with Crippen molar-refractivity contribution >= 4 is 57.0 Å². The second-order valence-corrected chi connectivity index (χ2v) is 9.04. The van der Waals surface area contributed by atoms with Gasteiger partial charge in [0.1, 0.15) is 11.6 Å². The Bertz CT molecular complexity index is 736. The summed E-state index contributed by atoms with van der Waals surface area (Å²) in [6.45, 7) is 4.99. The van der Waals surface area contributed by atoms with Crippen molar-refractivity contribution in [3.63, 3.8) is 0 Å². The van der Waals surface area contributed by atoms with Crippen LogP contribution in [0.4, 0.5) is 4.79 Å². The Hall–Kier alpha value is -1.69. The molecule has 1 rings (SSSR count). The molecule has 4 N–H and O–H groups in total. The van der Waals surface area contributed by atoms with E-state index in [0.29, 0.717) is 21.3 Å². The molecule has 0 saturated heterocycles. The first-order valence-electron chi connectivity index (χ1n) is 8.22. The molecule has 0 saturated carbocycles. The number of carbonyl (C=O) groups is 2. The Morgan fingerprint density at radius 2 is 2.00 bits per heavy atom. The molecule has 0 fully saturated rings. The van der Waals surface area contributed by atoms with Crippen molar-refractivity contribution < 1.29 is 19.1 Å². The van der Waals surface area contributed by atoms with Gasteiger partial charge in [0.05, 0.1) is 26.7 Å². The lowest BCUT2D eigenvalue weighted by atomic mass is 10.2. The van der Waals surface area contributed by atoms with Crippen LogP contribution in [-0.2, 0) is 14.3 Å². The molecule has 0 radical (unpaired) electrons. The van der Waals surface area contributed by atoms with Crippen LogP contribution in [0.2, 0.25) is 0 Å². The van der Waals surface area contributed by atoms with E-state index in [1.54, 1.807) is 39.4 Å². The second-order valence-electron chi connectivity index (χ2n) is 6.45. The molecule has 1 atom stereocenters. The van der Waals surface area contributed by atoms with Gasteiger partial charge in [-0.1, -0.05) is 12.2 Å². The molecule has 0 bridgehead atoms. The van der Waals surface area contributed by atoms with Gasteiger partial charge >= 0.3 is 12.1 Å². The number of nitrogens with two attached hydrogens (primary N) is 2. The summed E-state index contributed by atoms with van der Waals surface area (Å²) in [5.41, 5.74) is 12.2. The number of hydrogen-bond acceptors (Lipinski definition) is 11. The molecule has 0 amide bonds. The van der Waals surface area contributed by atoms with E-state index in [1.165, 1.54) is 23.5 Å². The van der Waals surface area contributed by atoms with Gasteiger partial charge in [-0.25, -0.2) is 9.59 Å². The Labute approximate surface area is 178 Å². The minimum atomic E-state index is -1.07. The SMILES string of the molecule is CS/C(=C(/N)C(=S)SCCC(N)C(=O)OC(=O)OC(C)(C)C)c1cnccn1. The number of aromatic nitrogens is 2. The number of ether oxygens (including phenoxy) is 2. The summed E-state index contributed by atoms with van der Waals surface area (Å²) in [6.07, 6.45) is 5.80. The molecule has 11 heteroatoms. The van der Waals surface area contributed by atoms with Gasteiger partial charge in [-0.15, -0.1) is 23.5 Å². The predicted octanol–water partition coefficient (Wildman–Crippen LogP) is 2.72. The highest BCUT2D eigenvalue weighted by atomic mass is 32.2. The maximum Gasteiger partial charge on any atom is 0.516 e. The van der Waals surface area contributed by atoms with Crippen molar-refractivity contribution in [2.75, 3.05) is 12.0 Å². The number of esters is 1. The number of rotatable bonds is 7. The van der Waals surface area contributed by atoms with Gasteiger partial charge in [-0.3, -0.25) is 9.97 Å². The van der Waals surface area contributed by atoms with Gasteiger partial charge in [-0.2, -0.15) is 0 Å². The highest BCUT2D eigenvalue weighted by molar-refractivity contribution is 8.23. The number of thioether (sulfide) groups is 2. The zero-order valence-corrected chi connectivity index (χ0v) is 18.6. The Kier molecular flexibility index (Phi) is 9.87. The highest BCUT2D eigenvalue weighted by Gasteiger charge is 2.24. The van der Waals surface area contributed by atoms with E-state index in [-0.39, 0.29) is 6.42 Å². The summed E-state index contributed by atoms with van der Waals surface area (Å²) in [4.78, 5) is 32.3.